The fourth-order valence-corrected chi connectivity index (χ4v) is 24.7. The minimum atomic E-state index is -2.44. The Bertz CT molecular complexity index is 3390. The molecule has 0 amide bonds. The van der Waals surface area contributed by atoms with E-state index in [2.05, 4.69) is 106 Å². The average molecular weight is 983 g/mol. The molecule has 366 valence electrons. The maximum Gasteiger partial charge on any atom is 0.194 e. The van der Waals surface area contributed by atoms with Crippen molar-refractivity contribution >= 4 is 103 Å². The second-order valence-corrected chi connectivity index (χ2v) is 31.2. The quantitative estimate of drug-likeness (QED) is 0.0689. The summed E-state index contributed by atoms with van der Waals surface area (Å²) in [7, 11) is -4.88. The molecule has 0 aliphatic rings. The first-order chi connectivity index (χ1) is 34.8. The summed E-state index contributed by atoms with van der Waals surface area (Å²) < 4.78 is 0. The summed E-state index contributed by atoms with van der Waals surface area (Å²) in [5.74, 6) is 7.96. The van der Waals surface area contributed by atoms with E-state index in [9.17, 15) is 9.59 Å². The molecule has 0 radical (unpaired) electrons. The fraction of sp³-hybridized carbons (Fsp3) is 0.375. The van der Waals surface area contributed by atoms with Gasteiger partial charge in [-0.3, -0.25) is 9.59 Å². The summed E-state index contributed by atoms with van der Waals surface area (Å²) >= 11 is 0. The SMILES string of the molecule is CCC(C)[Si](C#Cc1c2nc3c4ccccc4c(=O)c4ccccc4c3nc2c(C#C[Si]([C@H](C)CC)([C@@H](C)CC)[C@@H](C)CC)c2nc3c4ccccc4c(=O)c4ccccc4c3nc12)([C@H](C)CC)[C@@H](C)CC. The van der Waals surface area contributed by atoms with E-state index < -0.39 is 16.1 Å². The lowest BCUT2D eigenvalue weighted by molar-refractivity contribution is 0.702. The summed E-state index contributed by atoms with van der Waals surface area (Å²) in [4.78, 5) is 52.5. The van der Waals surface area contributed by atoms with Crippen molar-refractivity contribution in [2.75, 3.05) is 0 Å². The Labute approximate surface area is 427 Å². The predicted molar refractivity (Wildman–Crippen MR) is 314 cm³/mol. The third-order valence-electron chi connectivity index (χ3n) is 17.8. The molecule has 0 N–H and O–H groups in total. The number of aromatic nitrogens is 4. The molecule has 0 aliphatic carbocycles. The van der Waals surface area contributed by atoms with Gasteiger partial charge in [-0.15, -0.1) is 11.1 Å². The Hall–Kier alpha value is -6.33. The fourth-order valence-electron chi connectivity index (χ4n) is 12.6. The van der Waals surface area contributed by atoms with Crippen molar-refractivity contribution < 1.29 is 0 Å². The molecule has 6 nitrogen and oxygen atoms in total. The van der Waals surface area contributed by atoms with Crippen LogP contribution in [0.2, 0.25) is 33.2 Å². The molecule has 0 saturated carbocycles. The zero-order valence-corrected chi connectivity index (χ0v) is 46.5. The minimum Gasteiger partial charge on any atom is -0.289 e. The van der Waals surface area contributed by atoms with Crippen molar-refractivity contribution in [3.63, 3.8) is 0 Å². The van der Waals surface area contributed by atoms with Crippen LogP contribution in [0.25, 0.3) is 87.2 Å². The molecule has 0 spiro atoms. The van der Waals surface area contributed by atoms with Crippen molar-refractivity contribution in [2.45, 2.75) is 155 Å². The third kappa shape index (κ3) is 7.92. The Morgan fingerprint density at radius 3 is 0.722 bits per heavy atom. The molecule has 7 atom stereocenters. The number of hydrogen-bond acceptors (Lipinski definition) is 6. The molecule has 9 rings (SSSR count). The molecule has 0 saturated heterocycles. The molecular formula is C64H70N4O2Si2. The van der Waals surface area contributed by atoms with E-state index in [1.165, 1.54) is 0 Å². The van der Waals surface area contributed by atoms with Crippen LogP contribution in [0.5, 0.6) is 0 Å². The van der Waals surface area contributed by atoms with Crippen LogP contribution < -0.4 is 10.9 Å². The minimum absolute atomic E-state index is 0.0629. The number of rotatable bonds is 12. The molecular weight excluding hydrogens is 913 g/mol. The summed E-state index contributed by atoms with van der Waals surface area (Å²) in [6.07, 6.45) is 6.22. The molecule has 2 unspecified atom stereocenters. The first kappa shape index (κ1) is 50.6. The number of fused-ring (bicyclic) bond motifs is 12. The number of nitrogens with zero attached hydrogens (tertiary/aromatic N) is 4. The third-order valence-corrected chi connectivity index (χ3v) is 31.2. The normalized spacial score (nSPS) is 15.5. The highest BCUT2D eigenvalue weighted by atomic mass is 28.3. The van der Waals surface area contributed by atoms with Gasteiger partial charge in [0.15, 0.2) is 10.9 Å². The first-order valence-corrected chi connectivity index (χ1v) is 31.4. The number of hydrogen-bond donors (Lipinski definition) is 0. The molecule has 7 aromatic carbocycles. The van der Waals surface area contributed by atoms with E-state index in [1.807, 2.05) is 97.1 Å². The summed E-state index contributed by atoms with van der Waals surface area (Å²) in [6.45, 7) is 28.4. The lowest BCUT2D eigenvalue weighted by atomic mass is 10.0. The van der Waals surface area contributed by atoms with Crippen LogP contribution in [-0.2, 0) is 0 Å². The average Bonchev–Trinajstić information content (AvgIpc) is 3.59. The van der Waals surface area contributed by atoms with Crippen molar-refractivity contribution in [3.05, 3.63) is 129 Å². The molecule has 0 aliphatic heterocycles. The molecule has 0 fully saturated rings. The number of benzene rings is 5. The van der Waals surface area contributed by atoms with Crippen LogP contribution in [0.3, 0.4) is 0 Å². The Balaban J connectivity index is 1.65. The van der Waals surface area contributed by atoms with Crippen LogP contribution in [-0.4, -0.2) is 36.1 Å². The highest BCUT2D eigenvalue weighted by molar-refractivity contribution is 6.91. The van der Waals surface area contributed by atoms with E-state index in [1.54, 1.807) is 0 Å². The summed E-state index contributed by atoms with van der Waals surface area (Å²) in [6, 6.07) is 31.2. The molecule has 9 aromatic rings. The van der Waals surface area contributed by atoms with E-state index in [4.69, 9.17) is 19.9 Å². The smallest absolute Gasteiger partial charge is 0.194 e. The highest BCUT2D eigenvalue weighted by Gasteiger charge is 2.46. The van der Waals surface area contributed by atoms with Gasteiger partial charge in [0, 0.05) is 43.1 Å². The largest absolute Gasteiger partial charge is 0.289 e. The first-order valence-electron chi connectivity index (χ1n) is 26.9. The lowest BCUT2D eigenvalue weighted by Gasteiger charge is -2.42. The Morgan fingerprint density at radius 2 is 0.528 bits per heavy atom. The van der Waals surface area contributed by atoms with E-state index in [0.717, 1.165) is 60.1 Å². The maximum atomic E-state index is 14.7. The topological polar surface area (TPSA) is 85.7 Å². The zero-order valence-electron chi connectivity index (χ0n) is 44.5. The van der Waals surface area contributed by atoms with Crippen molar-refractivity contribution in [1.29, 1.82) is 0 Å². The monoisotopic (exact) mass is 983 g/mol. The van der Waals surface area contributed by atoms with Crippen molar-refractivity contribution in [1.82, 2.24) is 19.9 Å². The van der Waals surface area contributed by atoms with Crippen LogP contribution in [0.15, 0.2) is 107 Å². The van der Waals surface area contributed by atoms with Gasteiger partial charge in [-0.05, 0) is 33.2 Å². The van der Waals surface area contributed by atoms with Gasteiger partial charge in [0.2, 0.25) is 0 Å². The van der Waals surface area contributed by atoms with Gasteiger partial charge in [-0.25, -0.2) is 19.9 Å². The predicted octanol–water partition coefficient (Wildman–Crippen LogP) is 16.7. The maximum absolute atomic E-state index is 14.7. The van der Waals surface area contributed by atoms with Crippen LogP contribution in [0.4, 0.5) is 0 Å². The Morgan fingerprint density at radius 1 is 0.333 bits per heavy atom. The van der Waals surface area contributed by atoms with Gasteiger partial charge >= 0.3 is 0 Å². The van der Waals surface area contributed by atoms with Gasteiger partial charge in [-0.1, -0.05) is 231 Å². The van der Waals surface area contributed by atoms with E-state index >= 15 is 0 Å². The standard InChI is InChI=1S/C64H70N4O2Si2/c1-13-39(7)71(40(8)14-2,41(9)15-3)37-35-53-59-61(67-57-47-29-21-25-33-51(47)63(69)49-31-23-19-27-45(49)55(57)65-59)54(36-38-72(42(10)16-4,43(11)17-5)44(12)18-6)62-60(53)66-56-46-28-20-24-32-50(46)64(70)52-34-26-22-30-48(52)58(56)68-62/h19-34,39-44H,13-18H2,1-12H3/t39-,40-,41+,42-,43+,44?,72?/m0/s1. The van der Waals surface area contributed by atoms with Gasteiger partial charge in [0.05, 0.1) is 33.2 Å². The van der Waals surface area contributed by atoms with Crippen LogP contribution in [0.1, 0.15) is 133 Å². The Kier molecular flexibility index (Phi) is 14.3. The molecule has 8 heteroatoms. The van der Waals surface area contributed by atoms with Crippen molar-refractivity contribution in [2.24, 2.45) is 0 Å². The lowest BCUT2D eigenvalue weighted by Crippen LogP contribution is -2.45. The van der Waals surface area contributed by atoms with E-state index in [0.29, 0.717) is 110 Å². The van der Waals surface area contributed by atoms with Crippen LogP contribution >= 0.6 is 0 Å². The molecule has 2 heterocycles. The van der Waals surface area contributed by atoms with Gasteiger partial charge in [-0.2, -0.15) is 0 Å². The molecule has 72 heavy (non-hydrogen) atoms. The second kappa shape index (κ2) is 20.3. The summed E-state index contributed by atoms with van der Waals surface area (Å²) in [5.41, 5.74) is 17.1. The molecule has 2 aromatic heterocycles. The second-order valence-electron chi connectivity index (χ2n) is 21.0. The zero-order chi connectivity index (χ0) is 51.2. The highest BCUT2D eigenvalue weighted by Crippen LogP contribution is 2.48. The molecule has 0 bridgehead atoms. The van der Waals surface area contributed by atoms with Crippen molar-refractivity contribution in [3.8, 4) is 22.9 Å². The van der Waals surface area contributed by atoms with Gasteiger partial charge in [0.1, 0.15) is 38.2 Å². The van der Waals surface area contributed by atoms with Gasteiger partial charge < -0.3 is 0 Å². The van der Waals surface area contributed by atoms with Gasteiger partial charge in [0.25, 0.3) is 0 Å². The van der Waals surface area contributed by atoms with Crippen LogP contribution in [0, 0.1) is 22.9 Å². The van der Waals surface area contributed by atoms with E-state index in [-0.39, 0.29) is 10.9 Å². The summed E-state index contributed by atoms with van der Waals surface area (Å²) in [5, 5.41) is 5.24.